The van der Waals surface area contributed by atoms with E-state index in [0.717, 1.165) is 18.6 Å². The van der Waals surface area contributed by atoms with Crippen molar-refractivity contribution in [2.75, 3.05) is 20.8 Å². The average Bonchev–Trinajstić information content (AvgIpc) is 2.69. The summed E-state index contributed by atoms with van der Waals surface area (Å²) in [4.78, 5) is 12.4. The van der Waals surface area contributed by atoms with Gasteiger partial charge in [0, 0.05) is 6.54 Å². The number of ether oxygens (including phenoxy) is 3. The van der Waals surface area contributed by atoms with Crippen molar-refractivity contribution in [1.82, 2.24) is 5.32 Å². The Bertz CT molecular complexity index is 685. The standard InChI is InChI=1S/C21H27NO4/c1-4-18(26-20-10-6-5-9-19(20)25-3)21(23)22-15-7-8-16-11-13-17(24-2)14-12-16/h5-6,9-14,18H,4,7-8,15H2,1-3H3,(H,22,23)/t18-/m1/s1. The van der Waals surface area contributed by atoms with Crippen LogP contribution in [0.2, 0.25) is 0 Å². The monoisotopic (exact) mass is 357 g/mol. The molecule has 0 bridgehead atoms. The number of para-hydroxylation sites is 2. The molecule has 2 aromatic carbocycles. The molecule has 0 heterocycles. The highest BCUT2D eigenvalue weighted by Crippen LogP contribution is 2.27. The van der Waals surface area contributed by atoms with Crippen LogP contribution in [0.3, 0.4) is 0 Å². The molecule has 0 fully saturated rings. The number of hydrogen-bond acceptors (Lipinski definition) is 4. The maximum absolute atomic E-state index is 12.4. The topological polar surface area (TPSA) is 56.8 Å². The van der Waals surface area contributed by atoms with Gasteiger partial charge in [0.25, 0.3) is 5.91 Å². The van der Waals surface area contributed by atoms with E-state index in [-0.39, 0.29) is 5.91 Å². The van der Waals surface area contributed by atoms with Gasteiger partial charge >= 0.3 is 0 Å². The Morgan fingerprint density at radius 2 is 1.69 bits per heavy atom. The van der Waals surface area contributed by atoms with Crippen molar-refractivity contribution in [2.45, 2.75) is 32.3 Å². The van der Waals surface area contributed by atoms with Crippen molar-refractivity contribution in [3.63, 3.8) is 0 Å². The summed E-state index contributed by atoms with van der Waals surface area (Å²) in [5.41, 5.74) is 1.22. The molecule has 0 aliphatic rings. The van der Waals surface area contributed by atoms with E-state index in [1.54, 1.807) is 20.3 Å². The SMILES string of the molecule is CC[C@@H](Oc1ccccc1OC)C(=O)NCCCc1ccc(OC)cc1. The number of rotatable bonds is 10. The highest BCUT2D eigenvalue weighted by atomic mass is 16.5. The number of hydrogen-bond donors (Lipinski definition) is 1. The highest BCUT2D eigenvalue weighted by Gasteiger charge is 2.19. The van der Waals surface area contributed by atoms with Crippen LogP contribution in [0.1, 0.15) is 25.3 Å². The van der Waals surface area contributed by atoms with Crippen LogP contribution < -0.4 is 19.5 Å². The Morgan fingerprint density at radius 3 is 2.31 bits per heavy atom. The molecule has 140 valence electrons. The van der Waals surface area contributed by atoms with Gasteiger partial charge in [0.05, 0.1) is 14.2 Å². The van der Waals surface area contributed by atoms with Gasteiger partial charge in [0.1, 0.15) is 5.75 Å². The summed E-state index contributed by atoms with van der Waals surface area (Å²) in [6, 6.07) is 15.3. The van der Waals surface area contributed by atoms with Gasteiger partial charge in [0.15, 0.2) is 17.6 Å². The third-order valence-electron chi connectivity index (χ3n) is 4.10. The quantitative estimate of drug-likeness (QED) is 0.660. The number of methoxy groups -OCH3 is 2. The first-order valence-electron chi connectivity index (χ1n) is 8.88. The van der Waals surface area contributed by atoms with E-state index in [2.05, 4.69) is 5.32 Å². The van der Waals surface area contributed by atoms with Gasteiger partial charge in [-0.2, -0.15) is 0 Å². The van der Waals surface area contributed by atoms with E-state index < -0.39 is 6.10 Å². The van der Waals surface area contributed by atoms with E-state index in [9.17, 15) is 4.79 Å². The zero-order valence-corrected chi connectivity index (χ0v) is 15.7. The number of carbonyl (C=O) groups is 1. The molecule has 26 heavy (non-hydrogen) atoms. The molecule has 0 spiro atoms. The van der Waals surface area contributed by atoms with Crippen molar-refractivity contribution in [2.24, 2.45) is 0 Å². The normalized spacial score (nSPS) is 11.5. The molecule has 1 atom stereocenters. The maximum atomic E-state index is 12.4. The zero-order chi connectivity index (χ0) is 18.8. The van der Waals surface area contributed by atoms with Crippen molar-refractivity contribution >= 4 is 5.91 Å². The lowest BCUT2D eigenvalue weighted by Gasteiger charge is -2.18. The molecule has 0 unspecified atom stereocenters. The predicted molar refractivity (Wildman–Crippen MR) is 102 cm³/mol. The van der Waals surface area contributed by atoms with E-state index in [1.165, 1.54) is 5.56 Å². The Kier molecular flexibility index (Phi) is 7.80. The van der Waals surface area contributed by atoms with Crippen LogP contribution in [0.15, 0.2) is 48.5 Å². The summed E-state index contributed by atoms with van der Waals surface area (Å²) >= 11 is 0. The molecule has 1 amide bonds. The van der Waals surface area contributed by atoms with Gasteiger partial charge in [-0.25, -0.2) is 0 Å². The first-order chi connectivity index (χ1) is 12.7. The second-order valence-corrected chi connectivity index (χ2v) is 5.91. The fourth-order valence-electron chi connectivity index (χ4n) is 2.60. The Labute approximate surface area is 155 Å². The van der Waals surface area contributed by atoms with Crippen LogP contribution >= 0.6 is 0 Å². The Morgan fingerprint density at radius 1 is 1.00 bits per heavy atom. The van der Waals surface area contributed by atoms with Crippen LogP contribution in [-0.2, 0) is 11.2 Å². The van der Waals surface area contributed by atoms with Crippen molar-refractivity contribution in [3.05, 3.63) is 54.1 Å². The summed E-state index contributed by atoms with van der Waals surface area (Å²) in [5, 5.41) is 2.95. The Balaban J connectivity index is 1.79. The first kappa shape index (κ1) is 19.6. The van der Waals surface area contributed by atoms with Gasteiger partial charge in [0.2, 0.25) is 0 Å². The van der Waals surface area contributed by atoms with Crippen LogP contribution in [0, 0.1) is 0 Å². The molecule has 0 aromatic heterocycles. The molecule has 0 saturated carbocycles. The molecule has 0 radical (unpaired) electrons. The minimum absolute atomic E-state index is 0.104. The smallest absolute Gasteiger partial charge is 0.261 e. The van der Waals surface area contributed by atoms with E-state index in [1.807, 2.05) is 49.4 Å². The summed E-state index contributed by atoms with van der Waals surface area (Å²) in [6.07, 6.45) is 1.81. The molecule has 5 nitrogen and oxygen atoms in total. The molecule has 2 aromatic rings. The summed E-state index contributed by atoms with van der Waals surface area (Å²) in [6.45, 7) is 2.54. The third-order valence-corrected chi connectivity index (χ3v) is 4.10. The number of aryl methyl sites for hydroxylation is 1. The second kappa shape index (κ2) is 10.3. The molecule has 1 N–H and O–H groups in total. The van der Waals surface area contributed by atoms with Gasteiger partial charge < -0.3 is 19.5 Å². The molecular formula is C21H27NO4. The summed E-state index contributed by atoms with van der Waals surface area (Å²) < 4.78 is 16.3. The number of carbonyl (C=O) groups excluding carboxylic acids is 1. The first-order valence-corrected chi connectivity index (χ1v) is 8.88. The highest BCUT2D eigenvalue weighted by molar-refractivity contribution is 5.81. The van der Waals surface area contributed by atoms with Gasteiger partial charge in [-0.15, -0.1) is 0 Å². The minimum atomic E-state index is -0.535. The summed E-state index contributed by atoms with van der Waals surface area (Å²) in [7, 11) is 3.24. The second-order valence-electron chi connectivity index (χ2n) is 5.91. The minimum Gasteiger partial charge on any atom is -0.497 e. The third kappa shape index (κ3) is 5.69. The van der Waals surface area contributed by atoms with Crippen molar-refractivity contribution in [1.29, 1.82) is 0 Å². The number of nitrogens with one attached hydrogen (secondary N) is 1. The lowest BCUT2D eigenvalue weighted by Crippen LogP contribution is -2.38. The van der Waals surface area contributed by atoms with Crippen LogP contribution in [0.4, 0.5) is 0 Å². The van der Waals surface area contributed by atoms with Gasteiger partial charge in [-0.05, 0) is 49.1 Å². The predicted octanol–water partition coefficient (Wildman–Crippen LogP) is 3.61. The average molecular weight is 357 g/mol. The van der Waals surface area contributed by atoms with E-state index in [0.29, 0.717) is 24.5 Å². The van der Waals surface area contributed by atoms with Crippen molar-refractivity contribution in [3.8, 4) is 17.2 Å². The van der Waals surface area contributed by atoms with Crippen LogP contribution in [0.25, 0.3) is 0 Å². The molecule has 5 heteroatoms. The van der Waals surface area contributed by atoms with E-state index >= 15 is 0 Å². The molecule has 2 rings (SSSR count). The fourth-order valence-corrected chi connectivity index (χ4v) is 2.60. The number of benzene rings is 2. The van der Waals surface area contributed by atoms with Crippen molar-refractivity contribution < 1.29 is 19.0 Å². The van der Waals surface area contributed by atoms with Crippen LogP contribution in [-0.4, -0.2) is 32.8 Å². The number of amides is 1. The van der Waals surface area contributed by atoms with E-state index in [4.69, 9.17) is 14.2 Å². The molecule has 0 aliphatic heterocycles. The molecule has 0 aliphatic carbocycles. The lowest BCUT2D eigenvalue weighted by atomic mass is 10.1. The largest absolute Gasteiger partial charge is 0.497 e. The summed E-state index contributed by atoms with van der Waals surface area (Å²) in [5.74, 6) is 1.95. The Hall–Kier alpha value is -2.69. The molecular weight excluding hydrogens is 330 g/mol. The van der Waals surface area contributed by atoms with Gasteiger partial charge in [-0.3, -0.25) is 4.79 Å². The maximum Gasteiger partial charge on any atom is 0.261 e. The fraction of sp³-hybridized carbons (Fsp3) is 0.381. The lowest BCUT2D eigenvalue weighted by molar-refractivity contribution is -0.128. The van der Waals surface area contributed by atoms with Gasteiger partial charge in [-0.1, -0.05) is 31.2 Å². The zero-order valence-electron chi connectivity index (χ0n) is 15.7. The molecule has 0 saturated heterocycles. The van der Waals surface area contributed by atoms with Crippen LogP contribution in [0.5, 0.6) is 17.2 Å².